The van der Waals surface area contributed by atoms with Crippen LogP contribution in [-0.2, 0) is 0 Å². The van der Waals surface area contributed by atoms with Crippen molar-refractivity contribution < 1.29 is 9.47 Å². The van der Waals surface area contributed by atoms with Gasteiger partial charge in [-0.1, -0.05) is 59.9 Å². The zero-order valence-corrected chi connectivity index (χ0v) is 18.3. The molecular weight excluding hydrogens is 412 g/mol. The molecule has 0 N–H and O–H groups in total. The first-order valence-electron chi connectivity index (χ1n) is 9.38. The Labute approximate surface area is 184 Å². The smallest absolute Gasteiger partial charge is 0.206 e. The molecule has 0 saturated heterocycles. The maximum atomic E-state index is 13.6. The lowest BCUT2D eigenvalue weighted by Gasteiger charge is -2.08. The number of fused-ring (bicyclic) bond motifs is 1. The highest BCUT2D eigenvalue weighted by Crippen LogP contribution is 2.38. The Morgan fingerprint density at radius 3 is 1.37 bits per heavy atom. The second kappa shape index (κ2) is 9.28. The van der Waals surface area contributed by atoms with Crippen LogP contribution in [0.3, 0.4) is 0 Å². The third-order valence-corrected chi connectivity index (χ3v) is 6.65. The molecule has 0 amide bonds. The van der Waals surface area contributed by atoms with Crippen molar-refractivity contribution in [3.8, 4) is 11.5 Å². The Morgan fingerprint density at radius 1 is 0.600 bits per heavy atom. The van der Waals surface area contributed by atoms with E-state index in [9.17, 15) is 4.79 Å². The minimum atomic E-state index is -0.0157. The largest absolute Gasteiger partial charge is 0.496 e. The van der Waals surface area contributed by atoms with Crippen LogP contribution in [-0.4, -0.2) is 14.2 Å². The van der Waals surface area contributed by atoms with Gasteiger partial charge >= 0.3 is 0 Å². The molecule has 0 radical (unpaired) electrons. The van der Waals surface area contributed by atoms with Gasteiger partial charge in [-0.3, -0.25) is 4.79 Å². The Balaban J connectivity index is 1.99. The van der Waals surface area contributed by atoms with Crippen LogP contribution in [0.1, 0.15) is 0 Å². The first-order chi connectivity index (χ1) is 14.7. The number of ether oxygens (including phenoxy) is 2. The third-order valence-electron chi connectivity index (χ3n) is 4.59. The summed E-state index contributed by atoms with van der Waals surface area (Å²) in [7, 11) is 3.27. The van der Waals surface area contributed by atoms with E-state index >= 15 is 0 Å². The van der Waals surface area contributed by atoms with Gasteiger partial charge in [0.05, 0.1) is 24.0 Å². The minimum Gasteiger partial charge on any atom is -0.496 e. The molecule has 30 heavy (non-hydrogen) atoms. The van der Waals surface area contributed by atoms with Crippen molar-refractivity contribution in [2.45, 2.75) is 19.6 Å². The second-order valence-electron chi connectivity index (χ2n) is 6.47. The highest BCUT2D eigenvalue weighted by Gasteiger charge is 2.14. The summed E-state index contributed by atoms with van der Waals surface area (Å²) < 4.78 is 11.2. The topological polar surface area (TPSA) is 35.5 Å². The van der Waals surface area contributed by atoms with Crippen LogP contribution in [0.15, 0.2) is 109 Å². The first-order valence-corrected chi connectivity index (χ1v) is 11.0. The lowest BCUT2D eigenvalue weighted by Crippen LogP contribution is -2.02. The maximum absolute atomic E-state index is 13.6. The molecule has 0 aliphatic carbocycles. The molecule has 0 saturated carbocycles. The minimum absolute atomic E-state index is 0.0157. The summed E-state index contributed by atoms with van der Waals surface area (Å²) in [5, 5.41) is 1.68. The van der Waals surface area contributed by atoms with E-state index in [4.69, 9.17) is 9.47 Å². The SMILES string of the molecule is COc1ccc(OC)c2cc(Sc3ccccc3)c(=O)c(Sc3ccccc3)cc12. The number of rotatable bonds is 6. The van der Waals surface area contributed by atoms with Gasteiger partial charge in [0, 0.05) is 20.6 Å². The summed E-state index contributed by atoms with van der Waals surface area (Å²) in [5.74, 6) is 1.40. The second-order valence-corrected chi connectivity index (χ2v) is 8.70. The van der Waals surface area contributed by atoms with E-state index in [0.717, 1.165) is 20.6 Å². The molecule has 0 atom stereocenters. The van der Waals surface area contributed by atoms with E-state index in [2.05, 4.69) is 0 Å². The van der Waals surface area contributed by atoms with Gasteiger partial charge in [0.25, 0.3) is 0 Å². The summed E-state index contributed by atoms with van der Waals surface area (Å²) in [4.78, 5) is 16.9. The number of hydrogen-bond donors (Lipinski definition) is 0. The molecular formula is C25H20O3S2. The summed E-state index contributed by atoms with van der Waals surface area (Å²) in [6.07, 6.45) is 0. The average molecular weight is 433 g/mol. The molecule has 4 aromatic carbocycles. The van der Waals surface area contributed by atoms with Crippen LogP contribution in [0, 0.1) is 0 Å². The summed E-state index contributed by atoms with van der Waals surface area (Å²) in [6.45, 7) is 0. The molecule has 3 nitrogen and oxygen atoms in total. The van der Waals surface area contributed by atoms with E-state index in [1.807, 2.05) is 84.9 Å². The first kappa shape index (κ1) is 20.4. The van der Waals surface area contributed by atoms with Gasteiger partial charge in [0.15, 0.2) is 0 Å². The van der Waals surface area contributed by atoms with Crippen molar-refractivity contribution in [1.29, 1.82) is 0 Å². The predicted octanol–water partition coefficient (Wildman–Crippen LogP) is 6.52. The standard InChI is InChI=1S/C25H20O3S2/c1-27-21-13-14-22(28-2)20-16-24(30-18-11-7-4-8-12-18)25(26)23(15-19(20)21)29-17-9-5-3-6-10-17/h3-16H,1-2H3. The molecule has 0 spiro atoms. The molecule has 0 unspecified atom stereocenters. The van der Waals surface area contributed by atoms with Gasteiger partial charge < -0.3 is 9.47 Å². The molecule has 0 fully saturated rings. The number of hydrogen-bond acceptors (Lipinski definition) is 5. The molecule has 0 aromatic heterocycles. The molecule has 4 aromatic rings. The van der Waals surface area contributed by atoms with Crippen molar-refractivity contribution in [2.75, 3.05) is 14.2 Å². The lowest BCUT2D eigenvalue weighted by molar-refractivity contribution is 0.410. The van der Waals surface area contributed by atoms with Crippen molar-refractivity contribution in [3.63, 3.8) is 0 Å². The quantitative estimate of drug-likeness (QED) is 0.347. The number of benzene rings is 3. The lowest BCUT2D eigenvalue weighted by atomic mass is 10.1. The predicted molar refractivity (Wildman–Crippen MR) is 124 cm³/mol. The van der Waals surface area contributed by atoms with Gasteiger partial charge in [0.2, 0.25) is 5.43 Å². The van der Waals surface area contributed by atoms with E-state index in [0.29, 0.717) is 21.3 Å². The van der Waals surface area contributed by atoms with Crippen LogP contribution >= 0.6 is 23.5 Å². The van der Waals surface area contributed by atoms with E-state index in [-0.39, 0.29) is 5.43 Å². The van der Waals surface area contributed by atoms with E-state index in [1.165, 1.54) is 23.5 Å². The van der Waals surface area contributed by atoms with Crippen molar-refractivity contribution in [2.24, 2.45) is 0 Å². The molecule has 4 rings (SSSR count). The monoisotopic (exact) mass is 432 g/mol. The molecule has 150 valence electrons. The van der Waals surface area contributed by atoms with Gasteiger partial charge in [-0.25, -0.2) is 0 Å². The van der Waals surface area contributed by atoms with Gasteiger partial charge in [-0.2, -0.15) is 0 Å². The Kier molecular flexibility index (Phi) is 6.31. The highest BCUT2D eigenvalue weighted by atomic mass is 32.2. The number of methoxy groups -OCH3 is 2. The molecule has 0 aliphatic heterocycles. The van der Waals surface area contributed by atoms with Gasteiger partial charge in [-0.15, -0.1) is 0 Å². The zero-order valence-electron chi connectivity index (χ0n) is 16.6. The average Bonchev–Trinajstić information content (AvgIpc) is 2.92. The van der Waals surface area contributed by atoms with Crippen LogP contribution < -0.4 is 14.9 Å². The molecule has 0 aliphatic rings. The van der Waals surface area contributed by atoms with Crippen molar-refractivity contribution >= 4 is 34.3 Å². The van der Waals surface area contributed by atoms with Crippen LogP contribution in [0.2, 0.25) is 0 Å². The maximum Gasteiger partial charge on any atom is 0.206 e. The molecule has 5 heteroatoms. The fourth-order valence-corrected chi connectivity index (χ4v) is 5.07. The van der Waals surface area contributed by atoms with E-state index < -0.39 is 0 Å². The fraction of sp³-hybridized carbons (Fsp3) is 0.0800. The molecule has 0 bridgehead atoms. The Hall–Kier alpha value is -2.89. The Bertz CT molecular complexity index is 1130. The van der Waals surface area contributed by atoms with Crippen molar-refractivity contribution in [1.82, 2.24) is 0 Å². The van der Waals surface area contributed by atoms with Crippen LogP contribution in [0.5, 0.6) is 11.5 Å². The highest BCUT2D eigenvalue weighted by molar-refractivity contribution is 8.00. The van der Waals surface area contributed by atoms with E-state index in [1.54, 1.807) is 14.2 Å². The van der Waals surface area contributed by atoms with Gasteiger partial charge in [0.1, 0.15) is 11.5 Å². The normalized spacial score (nSPS) is 10.7. The van der Waals surface area contributed by atoms with Crippen molar-refractivity contribution in [3.05, 3.63) is 95.2 Å². The third kappa shape index (κ3) is 4.32. The summed E-state index contributed by atoms with van der Waals surface area (Å²) >= 11 is 2.92. The Morgan fingerprint density at radius 2 is 1.00 bits per heavy atom. The zero-order chi connectivity index (χ0) is 20.9. The van der Waals surface area contributed by atoms with Gasteiger partial charge in [-0.05, 0) is 48.5 Å². The molecule has 0 heterocycles. The summed E-state index contributed by atoms with van der Waals surface area (Å²) in [6, 6.07) is 27.4. The summed E-state index contributed by atoms with van der Waals surface area (Å²) in [5.41, 5.74) is -0.0157. The van der Waals surface area contributed by atoms with Crippen LogP contribution in [0.4, 0.5) is 0 Å². The fourth-order valence-electron chi connectivity index (χ4n) is 3.15. The van der Waals surface area contributed by atoms with Crippen LogP contribution in [0.25, 0.3) is 10.8 Å².